The molecule has 0 spiro atoms. The smallest absolute Gasteiger partial charge is 0.248 e. The predicted octanol–water partition coefficient (Wildman–Crippen LogP) is 8.80. The summed E-state index contributed by atoms with van der Waals surface area (Å²) in [6, 6.07) is 50.5. The number of rotatable bonds is 5. The van der Waals surface area contributed by atoms with Crippen LogP contribution in [-0.2, 0) is 0 Å². The van der Waals surface area contributed by atoms with Gasteiger partial charge in [-0.1, -0.05) is 97.6 Å². The number of hydrogen-bond donors (Lipinski definition) is 0. The second-order valence-electron chi connectivity index (χ2n) is 11.3. The Kier molecular flexibility index (Phi) is 6.46. The van der Waals surface area contributed by atoms with Crippen molar-refractivity contribution in [3.05, 3.63) is 162 Å². The highest BCUT2D eigenvalue weighted by atomic mass is 16.4. The molecule has 4 heteroatoms. The molecule has 8 aromatic rings. The molecule has 0 bridgehead atoms. The number of nitrogens with zero attached hydrogens (tertiary/aromatic N) is 3. The highest BCUT2D eigenvalue weighted by Crippen LogP contribution is 2.35. The van der Waals surface area contributed by atoms with Gasteiger partial charge in [0.15, 0.2) is 0 Å². The Hall–Kier alpha value is -6.00. The lowest BCUT2D eigenvalue weighted by molar-refractivity contribution is 0.584. The van der Waals surface area contributed by atoms with Crippen molar-refractivity contribution in [2.45, 2.75) is 6.92 Å². The topological polar surface area (TPSA) is 43.9 Å². The van der Waals surface area contributed by atoms with E-state index < -0.39 is 0 Å². The normalized spacial score (nSPS) is 12.1. The van der Waals surface area contributed by atoms with Crippen molar-refractivity contribution < 1.29 is 4.42 Å². The first-order valence-corrected chi connectivity index (χ1v) is 15.0. The molecule has 0 N–H and O–H groups in total. The molecule has 214 valence electrons. The van der Waals surface area contributed by atoms with Crippen LogP contribution in [0.25, 0.3) is 73.7 Å². The highest BCUT2D eigenvalue weighted by Gasteiger charge is 2.15. The van der Waals surface area contributed by atoms with Gasteiger partial charge >= 0.3 is 0 Å². The molecule has 4 nitrogen and oxygen atoms in total. The lowest BCUT2D eigenvalue weighted by Gasteiger charge is -2.09. The third kappa shape index (κ3) is 4.73. The lowest BCUT2D eigenvalue weighted by Crippen LogP contribution is -2.24. The Morgan fingerprint density at radius 3 is 1.89 bits per heavy atom. The van der Waals surface area contributed by atoms with E-state index in [-0.39, 0.29) is 0 Å². The van der Waals surface area contributed by atoms with E-state index in [0.717, 1.165) is 32.8 Å². The van der Waals surface area contributed by atoms with Gasteiger partial charge in [0, 0.05) is 27.6 Å². The summed E-state index contributed by atoms with van der Waals surface area (Å²) < 4.78 is 8.46. The van der Waals surface area contributed by atoms with Crippen LogP contribution in [0.5, 0.6) is 0 Å². The van der Waals surface area contributed by atoms with Gasteiger partial charge < -0.3 is 8.98 Å². The van der Waals surface area contributed by atoms with E-state index in [1.165, 1.54) is 38.5 Å². The zero-order chi connectivity index (χ0) is 30.3. The van der Waals surface area contributed by atoms with E-state index in [9.17, 15) is 0 Å². The molecule has 6 aromatic carbocycles. The van der Waals surface area contributed by atoms with Crippen molar-refractivity contribution in [2.75, 3.05) is 0 Å². The summed E-state index contributed by atoms with van der Waals surface area (Å²) in [6.07, 6.45) is 0. The van der Waals surface area contributed by atoms with Crippen LogP contribution in [0.1, 0.15) is 12.5 Å². The molecule has 45 heavy (non-hydrogen) atoms. The second-order valence-corrected chi connectivity index (χ2v) is 11.3. The molecule has 2 aromatic heterocycles. The van der Waals surface area contributed by atoms with Crippen LogP contribution in [0, 0.1) is 0 Å². The van der Waals surface area contributed by atoms with E-state index in [1.54, 1.807) is 0 Å². The number of aromatic nitrogens is 3. The molecule has 0 saturated carbocycles. The minimum atomic E-state index is 0.490. The molecule has 8 rings (SSSR count). The van der Waals surface area contributed by atoms with Crippen molar-refractivity contribution in [3.63, 3.8) is 0 Å². The maximum atomic E-state index is 6.14. The standard InChI is InChI=1S/C41H29N3O/c1-27-10-6-7-13-35(27)28(2)29-16-18-31(19-17-29)40-42-43-41(45-40)32-20-23-34(24-21-32)44-38-15-9-8-14-36(38)37-26-33(22-25-39(37)44)30-11-4-3-5-12-30/h3-26H,1H2,2H3/b35-28+. The van der Waals surface area contributed by atoms with Gasteiger partial charge in [-0.25, -0.2) is 0 Å². The summed E-state index contributed by atoms with van der Waals surface area (Å²) in [6.45, 7) is 6.29. The number of benzene rings is 6. The zero-order valence-corrected chi connectivity index (χ0v) is 24.8. The number of hydrogen-bond acceptors (Lipinski definition) is 3. The monoisotopic (exact) mass is 579 g/mol. The minimum Gasteiger partial charge on any atom is -0.416 e. The quantitative estimate of drug-likeness (QED) is 0.205. The Labute approximate surface area is 260 Å². The average molecular weight is 580 g/mol. The summed E-state index contributed by atoms with van der Waals surface area (Å²) in [7, 11) is 0. The predicted molar refractivity (Wildman–Crippen MR) is 184 cm³/mol. The van der Waals surface area contributed by atoms with Gasteiger partial charge in [0.1, 0.15) is 0 Å². The fourth-order valence-corrected chi connectivity index (χ4v) is 6.18. The number of fused-ring (bicyclic) bond motifs is 3. The molecule has 0 amide bonds. The van der Waals surface area contributed by atoms with Crippen LogP contribution in [-0.4, -0.2) is 14.8 Å². The van der Waals surface area contributed by atoms with Crippen LogP contribution >= 0.6 is 0 Å². The Morgan fingerprint density at radius 1 is 0.556 bits per heavy atom. The van der Waals surface area contributed by atoms with Crippen molar-refractivity contribution in [1.82, 2.24) is 14.8 Å². The van der Waals surface area contributed by atoms with E-state index in [1.807, 2.05) is 42.5 Å². The van der Waals surface area contributed by atoms with Crippen LogP contribution in [0.2, 0.25) is 0 Å². The van der Waals surface area contributed by atoms with Gasteiger partial charge in [-0.2, -0.15) is 0 Å². The molecule has 0 atom stereocenters. The summed E-state index contributed by atoms with van der Waals surface area (Å²) in [5, 5.41) is 13.3. The molecule has 0 aliphatic carbocycles. The number of para-hydroxylation sites is 1. The van der Waals surface area contributed by atoms with Gasteiger partial charge in [0.2, 0.25) is 11.8 Å². The van der Waals surface area contributed by atoms with Crippen molar-refractivity contribution >= 4 is 34.0 Å². The second kappa shape index (κ2) is 10.9. The first kappa shape index (κ1) is 26.6. The van der Waals surface area contributed by atoms with Crippen LogP contribution in [0.3, 0.4) is 0 Å². The first-order valence-electron chi connectivity index (χ1n) is 15.0. The van der Waals surface area contributed by atoms with Gasteiger partial charge in [0.05, 0.1) is 11.0 Å². The van der Waals surface area contributed by atoms with E-state index >= 15 is 0 Å². The summed E-state index contributed by atoms with van der Waals surface area (Å²) in [4.78, 5) is 0. The van der Waals surface area contributed by atoms with Crippen LogP contribution in [0.4, 0.5) is 0 Å². The van der Waals surface area contributed by atoms with Gasteiger partial charge in [0.25, 0.3) is 0 Å². The summed E-state index contributed by atoms with van der Waals surface area (Å²) >= 11 is 0. The molecular formula is C41H29N3O. The molecule has 0 unspecified atom stereocenters. The van der Waals surface area contributed by atoms with Gasteiger partial charge in [-0.15, -0.1) is 10.2 Å². The van der Waals surface area contributed by atoms with Crippen LogP contribution in [0.15, 0.2) is 150 Å². The highest BCUT2D eigenvalue weighted by molar-refractivity contribution is 6.10. The maximum Gasteiger partial charge on any atom is 0.248 e. The largest absolute Gasteiger partial charge is 0.416 e. The lowest BCUT2D eigenvalue weighted by atomic mass is 10.0. The third-order valence-electron chi connectivity index (χ3n) is 8.56. The molecular weight excluding hydrogens is 550 g/mol. The molecule has 0 radical (unpaired) electrons. The average Bonchev–Trinajstić information content (AvgIpc) is 3.72. The molecule has 0 aliphatic heterocycles. The molecule has 0 saturated heterocycles. The third-order valence-corrected chi connectivity index (χ3v) is 8.56. The minimum absolute atomic E-state index is 0.490. The van der Waals surface area contributed by atoms with Crippen molar-refractivity contribution in [3.8, 4) is 39.7 Å². The SMILES string of the molecule is C=c1cccc/c1=C(/C)c1ccc(-c2nnc(-c3ccc(-n4c5ccccc5c5cc(-c6ccccc6)ccc54)cc3)o2)cc1. The fraction of sp³-hybridized carbons (Fsp3) is 0.0244. The van der Waals surface area contributed by atoms with Crippen molar-refractivity contribution in [2.24, 2.45) is 0 Å². The summed E-state index contributed by atoms with van der Waals surface area (Å²) in [5.74, 6) is 0.983. The fourth-order valence-electron chi connectivity index (χ4n) is 6.18. The van der Waals surface area contributed by atoms with Crippen LogP contribution < -0.4 is 10.4 Å². The van der Waals surface area contributed by atoms with E-state index in [2.05, 4.69) is 131 Å². The Morgan fingerprint density at radius 2 is 1.16 bits per heavy atom. The zero-order valence-electron chi connectivity index (χ0n) is 24.8. The Bertz CT molecular complexity index is 2430. The van der Waals surface area contributed by atoms with Gasteiger partial charge in [-0.3, -0.25) is 0 Å². The Balaban J connectivity index is 1.11. The maximum absolute atomic E-state index is 6.14. The molecule has 2 heterocycles. The molecule has 0 fully saturated rings. The van der Waals surface area contributed by atoms with Gasteiger partial charge in [-0.05, 0) is 94.2 Å². The first-order chi connectivity index (χ1) is 22.1. The van der Waals surface area contributed by atoms with E-state index in [0.29, 0.717) is 11.8 Å². The summed E-state index contributed by atoms with van der Waals surface area (Å²) in [5.41, 5.74) is 9.89. The van der Waals surface area contributed by atoms with E-state index in [4.69, 9.17) is 4.42 Å². The van der Waals surface area contributed by atoms with Crippen molar-refractivity contribution in [1.29, 1.82) is 0 Å². The molecule has 0 aliphatic rings.